The minimum Gasteiger partial charge on any atom is -0.492 e. The number of benzene rings is 1. The van der Waals surface area contributed by atoms with Crippen molar-refractivity contribution in [1.82, 2.24) is 10.2 Å². The Bertz CT molecular complexity index is 599. The molecule has 1 aliphatic carbocycles. The molecule has 1 aliphatic heterocycles. The molecule has 1 heterocycles. The van der Waals surface area contributed by atoms with E-state index < -0.39 is 0 Å². The maximum atomic E-state index is 5.76. The number of hydrogen-bond acceptors (Lipinski definition) is 5. The topological polar surface area (TPSA) is 43.0 Å². The zero-order valence-electron chi connectivity index (χ0n) is 16.7. The molecule has 0 aromatic heterocycles. The van der Waals surface area contributed by atoms with Gasteiger partial charge in [0.2, 0.25) is 0 Å². The maximum absolute atomic E-state index is 5.76. The van der Waals surface area contributed by atoms with Gasteiger partial charge in [0.1, 0.15) is 0 Å². The zero-order valence-corrected chi connectivity index (χ0v) is 18.3. The number of halogens is 1. The molecular weight excluding hydrogens is 408 g/mol. The van der Waals surface area contributed by atoms with Gasteiger partial charge in [-0.3, -0.25) is 4.90 Å². The highest BCUT2D eigenvalue weighted by Crippen LogP contribution is 2.37. The molecule has 1 saturated carbocycles. The number of morpholine rings is 1. The number of methoxy groups -OCH3 is 1. The Morgan fingerprint density at radius 3 is 2.59 bits per heavy atom. The first kappa shape index (κ1) is 20.9. The predicted molar refractivity (Wildman–Crippen MR) is 112 cm³/mol. The summed E-state index contributed by atoms with van der Waals surface area (Å²) in [6, 6.07) is 4.21. The molecule has 0 amide bonds. The molecule has 2 fully saturated rings. The summed E-state index contributed by atoms with van der Waals surface area (Å²) in [5.41, 5.74) is 1.49. The van der Waals surface area contributed by atoms with E-state index in [0.717, 1.165) is 55.4 Å². The van der Waals surface area contributed by atoms with E-state index in [-0.39, 0.29) is 5.54 Å². The second kappa shape index (κ2) is 10.1. The Hall–Kier alpha value is -0.820. The van der Waals surface area contributed by atoms with Crippen LogP contribution in [0.4, 0.5) is 0 Å². The van der Waals surface area contributed by atoms with Crippen molar-refractivity contribution in [2.45, 2.75) is 51.1 Å². The maximum Gasteiger partial charge on any atom is 0.174 e. The molecule has 0 radical (unpaired) electrons. The third kappa shape index (κ3) is 5.17. The van der Waals surface area contributed by atoms with Crippen LogP contribution in [-0.4, -0.2) is 57.0 Å². The molecule has 0 spiro atoms. The Labute approximate surface area is 171 Å². The van der Waals surface area contributed by atoms with E-state index in [1.807, 2.05) is 6.92 Å². The van der Waals surface area contributed by atoms with Crippen LogP contribution in [0.15, 0.2) is 16.6 Å². The molecular formula is C21H33BrN2O3. The summed E-state index contributed by atoms with van der Waals surface area (Å²) < 4.78 is 17.7. The monoisotopic (exact) mass is 440 g/mol. The van der Waals surface area contributed by atoms with Crippen LogP contribution in [0.2, 0.25) is 0 Å². The van der Waals surface area contributed by atoms with Crippen LogP contribution < -0.4 is 14.8 Å². The molecule has 5 nitrogen and oxygen atoms in total. The first-order valence-electron chi connectivity index (χ1n) is 10.2. The molecule has 3 rings (SSSR count). The van der Waals surface area contributed by atoms with Crippen molar-refractivity contribution in [3.8, 4) is 11.5 Å². The van der Waals surface area contributed by atoms with Gasteiger partial charge in [0.25, 0.3) is 0 Å². The van der Waals surface area contributed by atoms with Crippen LogP contribution in [0, 0.1) is 0 Å². The van der Waals surface area contributed by atoms with E-state index in [2.05, 4.69) is 38.3 Å². The summed E-state index contributed by atoms with van der Waals surface area (Å²) in [6.45, 7) is 8.33. The molecule has 0 atom stereocenters. The van der Waals surface area contributed by atoms with Crippen LogP contribution in [0.5, 0.6) is 11.5 Å². The molecule has 152 valence electrons. The van der Waals surface area contributed by atoms with Gasteiger partial charge in [-0.15, -0.1) is 0 Å². The van der Waals surface area contributed by atoms with E-state index >= 15 is 0 Å². The van der Waals surface area contributed by atoms with Gasteiger partial charge in [0.05, 0.1) is 31.4 Å². The third-order valence-electron chi connectivity index (χ3n) is 5.82. The standard InChI is InChI=1S/C21H33BrN2O3/c1-3-27-19-14-17(13-18(22)20(19)25-2)15-23-16-21(7-5-4-6-8-21)24-9-11-26-12-10-24/h13-14,23H,3-12,15-16H2,1-2H3. The van der Waals surface area contributed by atoms with Crippen molar-refractivity contribution in [2.75, 3.05) is 46.6 Å². The highest BCUT2D eigenvalue weighted by Gasteiger charge is 2.38. The van der Waals surface area contributed by atoms with Crippen molar-refractivity contribution >= 4 is 15.9 Å². The van der Waals surface area contributed by atoms with Gasteiger partial charge in [0, 0.05) is 31.7 Å². The molecule has 1 saturated heterocycles. The fourth-order valence-corrected chi connectivity index (χ4v) is 5.13. The second-order valence-corrected chi connectivity index (χ2v) is 8.38. The van der Waals surface area contributed by atoms with E-state index in [4.69, 9.17) is 14.2 Å². The lowest BCUT2D eigenvalue weighted by atomic mass is 9.79. The summed E-state index contributed by atoms with van der Waals surface area (Å²) in [5, 5.41) is 3.74. The summed E-state index contributed by atoms with van der Waals surface area (Å²) in [7, 11) is 1.68. The van der Waals surface area contributed by atoms with Gasteiger partial charge in [0.15, 0.2) is 11.5 Å². The predicted octanol–water partition coefficient (Wildman–Crippen LogP) is 3.98. The van der Waals surface area contributed by atoms with Gasteiger partial charge in [-0.25, -0.2) is 0 Å². The van der Waals surface area contributed by atoms with Gasteiger partial charge >= 0.3 is 0 Å². The van der Waals surface area contributed by atoms with E-state index in [0.29, 0.717) is 6.61 Å². The fourth-order valence-electron chi connectivity index (χ4n) is 4.48. The average Bonchev–Trinajstić information content (AvgIpc) is 2.70. The van der Waals surface area contributed by atoms with Crippen molar-refractivity contribution < 1.29 is 14.2 Å². The Kier molecular flexibility index (Phi) is 7.82. The Balaban J connectivity index is 1.66. The first-order chi connectivity index (χ1) is 13.2. The number of ether oxygens (including phenoxy) is 3. The normalized spacial score (nSPS) is 20.4. The quantitative estimate of drug-likeness (QED) is 0.661. The minimum atomic E-state index is 0.286. The summed E-state index contributed by atoms with van der Waals surface area (Å²) >= 11 is 3.61. The van der Waals surface area contributed by atoms with Crippen LogP contribution in [0.25, 0.3) is 0 Å². The first-order valence-corrected chi connectivity index (χ1v) is 11.0. The highest BCUT2D eigenvalue weighted by molar-refractivity contribution is 9.10. The number of rotatable bonds is 8. The molecule has 0 bridgehead atoms. The molecule has 0 unspecified atom stereocenters. The van der Waals surface area contributed by atoms with Crippen LogP contribution in [-0.2, 0) is 11.3 Å². The van der Waals surface area contributed by atoms with E-state index in [1.54, 1.807) is 7.11 Å². The fraction of sp³-hybridized carbons (Fsp3) is 0.714. The summed E-state index contributed by atoms with van der Waals surface area (Å²) in [4.78, 5) is 2.68. The second-order valence-electron chi connectivity index (χ2n) is 7.53. The molecule has 27 heavy (non-hydrogen) atoms. The molecule has 6 heteroatoms. The Morgan fingerprint density at radius 2 is 1.93 bits per heavy atom. The lowest BCUT2D eigenvalue weighted by Crippen LogP contribution is -2.59. The molecule has 1 aromatic carbocycles. The van der Waals surface area contributed by atoms with Gasteiger partial charge < -0.3 is 19.5 Å². The average molecular weight is 441 g/mol. The number of nitrogens with one attached hydrogen (secondary N) is 1. The van der Waals surface area contributed by atoms with Gasteiger partial charge in [-0.2, -0.15) is 0 Å². The van der Waals surface area contributed by atoms with Crippen LogP contribution in [0.1, 0.15) is 44.6 Å². The van der Waals surface area contributed by atoms with Crippen molar-refractivity contribution in [3.63, 3.8) is 0 Å². The van der Waals surface area contributed by atoms with Gasteiger partial charge in [-0.1, -0.05) is 19.3 Å². The van der Waals surface area contributed by atoms with Crippen molar-refractivity contribution in [3.05, 3.63) is 22.2 Å². The van der Waals surface area contributed by atoms with Crippen LogP contribution in [0.3, 0.4) is 0 Å². The van der Waals surface area contributed by atoms with E-state index in [9.17, 15) is 0 Å². The Morgan fingerprint density at radius 1 is 1.19 bits per heavy atom. The van der Waals surface area contributed by atoms with Crippen molar-refractivity contribution in [1.29, 1.82) is 0 Å². The number of hydrogen-bond donors (Lipinski definition) is 1. The summed E-state index contributed by atoms with van der Waals surface area (Å²) in [5.74, 6) is 1.56. The molecule has 1 aromatic rings. The summed E-state index contributed by atoms with van der Waals surface area (Å²) in [6.07, 6.45) is 6.62. The molecule has 1 N–H and O–H groups in total. The van der Waals surface area contributed by atoms with Crippen molar-refractivity contribution in [2.24, 2.45) is 0 Å². The third-order valence-corrected chi connectivity index (χ3v) is 6.41. The minimum absolute atomic E-state index is 0.286. The number of nitrogens with zero attached hydrogens (tertiary/aromatic N) is 1. The SMILES string of the molecule is CCOc1cc(CNCC2(N3CCOCC3)CCCCC2)cc(Br)c1OC. The zero-order chi connectivity index (χ0) is 19.1. The van der Waals surface area contributed by atoms with E-state index in [1.165, 1.54) is 37.7 Å². The van der Waals surface area contributed by atoms with Crippen LogP contribution >= 0.6 is 15.9 Å². The highest BCUT2D eigenvalue weighted by atomic mass is 79.9. The lowest BCUT2D eigenvalue weighted by molar-refractivity contribution is -0.0369. The molecule has 2 aliphatic rings. The smallest absolute Gasteiger partial charge is 0.174 e. The largest absolute Gasteiger partial charge is 0.492 e. The van der Waals surface area contributed by atoms with Gasteiger partial charge in [-0.05, 0) is 53.4 Å². The lowest BCUT2D eigenvalue weighted by Gasteiger charge is -2.48.